The third kappa shape index (κ3) is 57.0. The number of nitrogens with zero attached hydrogens (tertiary/aromatic N) is 1. The first kappa shape index (κ1) is 68.9. The first-order chi connectivity index (χ1) is 33.9. The third-order valence-corrected chi connectivity index (χ3v) is 17.0. The minimum Gasteiger partial charge on any atom is -0.748 e. The quantitative estimate of drug-likeness (QED) is 0.0347. The molecule has 0 amide bonds. The molecule has 0 saturated heterocycles. The van der Waals surface area contributed by atoms with E-state index in [-0.39, 0.29) is 5.75 Å². The zero-order chi connectivity index (χ0) is 50.1. The van der Waals surface area contributed by atoms with Crippen LogP contribution in [0.3, 0.4) is 0 Å². The molecule has 0 fully saturated rings. The van der Waals surface area contributed by atoms with Crippen LogP contribution in [0.4, 0.5) is 0 Å². The maximum Gasteiger partial charge on any atom is 0.0945 e. The molecule has 0 heterocycles. The van der Waals surface area contributed by atoms with Crippen molar-refractivity contribution in [3.8, 4) is 0 Å². The highest BCUT2D eigenvalue weighted by molar-refractivity contribution is 7.85. The lowest BCUT2D eigenvalue weighted by Crippen LogP contribution is -2.51. The summed E-state index contributed by atoms with van der Waals surface area (Å²) in [7, 11) is -4.14. The molecular weight excluding hydrogens is 863 g/mol. The fourth-order valence-corrected chi connectivity index (χ4v) is 12.0. The zero-order valence-corrected chi connectivity index (χ0v) is 49.0. The minimum absolute atomic E-state index is 0.190. The molecular formula is C64H131NO3S. The molecule has 0 aliphatic heterocycles. The summed E-state index contributed by atoms with van der Waals surface area (Å²) in [5.41, 5.74) is 0. The van der Waals surface area contributed by atoms with Crippen LogP contribution in [-0.4, -0.2) is 49.4 Å². The predicted octanol–water partition coefficient (Wildman–Crippen LogP) is 22.3. The van der Waals surface area contributed by atoms with E-state index in [1.807, 2.05) is 0 Å². The minimum atomic E-state index is -4.14. The molecule has 4 nitrogen and oxygen atoms in total. The smallest absolute Gasteiger partial charge is 0.0945 e. The Balaban J connectivity index is 4.70. The van der Waals surface area contributed by atoms with E-state index in [4.69, 9.17) is 0 Å². The van der Waals surface area contributed by atoms with E-state index in [1.165, 1.54) is 371 Å². The van der Waals surface area contributed by atoms with Gasteiger partial charge in [0.1, 0.15) is 0 Å². The molecule has 0 aliphatic carbocycles. The molecule has 416 valence electrons. The third-order valence-electron chi connectivity index (χ3n) is 16.2. The number of hydrogen-bond donors (Lipinski definition) is 0. The van der Waals surface area contributed by atoms with Gasteiger partial charge >= 0.3 is 0 Å². The molecule has 0 unspecified atom stereocenters. The molecule has 0 aromatic rings. The first-order valence-corrected chi connectivity index (χ1v) is 34.3. The Labute approximate surface area is 437 Å². The van der Waals surface area contributed by atoms with Crippen LogP contribution in [0.2, 0.25) is 0 Å². The second-order valence-corrected chi connectivity index (χ2v) is 24.8. The van der Waals surface area contributed by atoms with Gasteiger partial charge in [-0.25, -0.2) is 8.42 Å². The van der Waals surface area contributed by atoms with Crippen molar-refractivity contribution in [2.75, 3.05) is 31.9 Å². The monoisotopic (exact) mass is 994 g/mol. The van der Waals surface area contributed by atoms with Gasteiger partial charge in [0.05, 0.1) is 36.3 Å². The summed E-state index contributed by atoms with van der Waals surface area (Å²) in [5.74, 6) is -0.190. The largest absolute Gasteiger partial charge is 0.748 e. The Hall–Kier alpha value is -0.130. The van der Waals surface area contributed by atoms with Crippen molar-refractivity contribution in [1.82, 2.24) is 0 Å². The van der Waals surface area contributed by atoms with Gasteiger partial charge in [-0.3, -0.25) is 0 Å². The second kappa shape index (κ2) is 57.2. The van der Waals surface area contributed by atoms with Gasteiger partial charge in [0, 0.05) is 5.75 Å². The number of rotatable bonds is 62. The van der Waals surface area contributed by atoms with Gasteiger partial charge in [0.15, 0.2) is 0 Å². The van der Waals surface area contributed by atoms with Gasteiger partial charge in [0.2, 0.25) is 0 Å². The van der Waals surface area contributed by atoms with Gasteiger partial charge in [-0.1, -0.05) is 329 Å². The number of hydrogen-bond acceptors (Lipinski definition) is 3. The van der Waals surface area contributed by atoms with Crippen LogP contribution in [-0.2, 0) is 10.1 Å². The van der Waals surface area contributed by atoms with Gasteiger partial charge in [0.25, 0.3) is 0 Å². The van der Waals surface area contributed by atoms with Crippen LogP contribution in [0, 0.1) is 0 Å². The van der Waals surface area contributed by atoms with Crippen molar-refractivity contribution >= 4 is 10.1 Å². The molecule has 69 heavy (non-hydrogen) atoms. The summed E-state index contributed by atoms with van der Waals surface area (Å²) < 4.78 is 35.8. The van der Waals surface area contributed by atoms with Crippen LogP contribution in [0.15, 0.2) is 0 Å². The highest BCUT2D eigenvalue weighted by atomic mass is 32.2. The summed E-state index contributed by atoms with van der Waals surface area (Å²) in [6.07, 6.45) is 77.7. The summed E-state index contributed by atoms with van der Waals surface area (Å²) in [6.45, 7) is 11.7. The van der Waals surface area contributed by atoms with Crippen molar-refractivity contribution in [3.63, 3.8) is 0 Å². The molecule has 0 aliphatic rings. The Kier molecular flexibility index (Phi) is 57.0. The van der Waals surface area contributed by atoms with Gasteiger partial charge < -0.3 is 9.04 Å². The lowest BCUT2D eigenvalue weighted by Gasteiger charge is -2.40. The van der Waals surface area contributed by atoms with Gasteiger partial charge in [-0.05, 0) is 51.4 Å². The highest BCUT2D eigenvalue weighted by Gasteiger charge is 2.26. The van der Waals surface area contributed by atoms with Gasteiger partial charge in [-0.2, -0.15) is 0 Å². The predicted molar refractivity (Wildman–Crippen MR) is 310 cm³/mol. The topological polar surface area (TPSA) is 57.2 Å². The molecule has 0 aromatic carbocycles. The van der Waals surface area contributed by atoms with E-state index < -0.39 is 10.1 Å². The normalized spacial score (nSPS) is 12.2. The lowest BCUT2D eigenvalue weighted by molar-refractivity contribution is -0.929. The Bertz CT molecular complexity index is 950. The number of quaternary nitrogens is 1. The van der Waals surface area contributed by atoms with E-state index in [0.717, 1.165) is 13.0 Å². The van der Waals surface area contributed by atoms with Gasteiger partial charge in [-0.15, -0.1) is 0 Å². The maximum absolute atomic E-state index is 11.6. The van der Waals surface area contributed by atoms with Crippen molar-refractivity contribution in [1.29, 1.82) is 0 Å². The lowest BCUT2D eigenvalue weighted by atomic mass is 10.0. The summed E-state index contributed by atoms with van der Waals surface area (Å²) in [5, 5.41) is 0. The molecule has 0 atom stereocenters. The van der Waals surface area contributed by atoms with Crippen molar-refractivity contribution < 1.29 is 17.5 Å². The first-order valence-electron chi connectivity index (χ1n) is 32.7. The Morgan fingerprint density at radius 2 is 0.348 bits per heavy atom. The van der Waals surface area contributed by atoms with Crippen LogP contribution in [0.25, 0.3) is 0 Å². The second-order valence-electron chi connectivity index (χ2n) is 23.2. The fraction of sp³-hybridized carbons (Fsp3) is 1.00. The van der Waals surface area contributed by atoms with Crippen molar-refractivity contribution in [3.05, 3.63) is 0 Å². The van der Waals surface area contributed by atoms with Crippen LogP contribution >= 0.6 is 0 Å². The molecule has 0 radical (unpaired) electrons. The molecule has 0 saturated carbocycles. The van der Waals surface area contributed by atoms with E-state index in [0.29, 0.717) is 6.42 Å². The van der Waals surface area contributed by atoms with Crippen LogP contribution < -0.4 is 0 Å². The molecule has 0 aromatic heterocycles. The van der Waals surface area contributed by atoms with Crippen molar-refractivity contribution in [2.45, 2.75) is 380 Å². The fourth-order valence-electron chi connectivity index (χ4n) is 11.4. The molecule has 0 N–H and O–H groups in total. The number of unbranched alkanes of at least 4 members (excludes halogenated alkanes) is 52. The average molecular weight is 995 g/mol. The summed E-state index contributed by atoms with van der Waals surface area (Å²) in [6, 6.07) is 0. The molecule has 0 rings (SSSR count). The van der Waals surface area contributed by atoms with E-state index in [1.54, 1.807) is 0 Å². The molecule has 0 spiro atoms. The maximum atomic E-state index is 11.6. The zero-order valence-electron chi connectivity index (χ0n) is 48.2. The Morgan fingerprint density at radius 1 is 0.217 bits per heavy atom. The highest BCUT2D eigenvalue weighted by Crippen LogP contribution is 2.22. The molecule has 0 bridgehead atoms. The summed E-state index contributed by atoms with van der Waals surface area (Å²) in [4.78, 5) is 0. The van der Waals surface area contributed by atoms with Crippen LogP contribution in [0.1, 0.15) is 380 Å². The van der Waals surface area contributed by atoms with E-state index >= 15 is 0 Å². The van der Waals surface area contributed by atoms with E-state index in [9.17, 15) is 13.0 Å². The van der Waals surface area contributed by atoms with Crippen LogP contribution in [0.5, 0.6) is 0 Å². The SMILES string of the molecule is CCCCCCCCCCCCCCCCCCCC[N+](CCCCCCCCCCCCCCCCCCCC)(CCCCCCCCCCCCCCCCCCCC)CCCCS(=O)(=O)[O-]. The Morgan fingerprint density at radius 3 is 0.493 bits per heavy atom. The molecule has 5 heteroatoms. The standard InChI is InChI=1S/C64H131NO3S/c1-4-7-10-13-16-19-22-25-28-31-34-37-40-43-46-49-52-55-60-65(63-58-59-64-69(66,67)68,61-56-53-50-47-44-41-38-35-32-29-26-23-20-17-14-11-8-5-2)62-57-54-51-48-45-42-39-36-33-30-27-24-21-18-15-12-9-6-3/h4-64H2,1-3H3. The van der Waals surface area contributed by atoms with Crippen molar-refractivity contribution in [2.24, 2.45) is 0 Å². The summed E-state index contributed by atoms with van der Waals surface area (Å²) >= 11 is 0. The van der Waals surface area contributed by atoms with E-state index in [2.05, 4.69) is 20.8 Å². The average Bonchev–Trinajstić information content (AvgIpc) is 3.33.